The van der Waals surface area contributed by atoms with Gasteiger partial charge in [-0.15, -0.1) is 0 Å². The van der Waals surface area contributed by atoms with Gasteiger partial charge in [0.2, 0.25) is 5.13 Å². The zero-order valence-electron chi connectivity index (χ0n) is 10.6. The predicted molar refractivity (Wildman–Crippen MR) is 78.3 cm³/mol. The standard InChI is InChI=1S/C12H14BrN5S/c1-2-10-16-12(19-17-10)18-5-3-4-9(18)11-14-6-8(13)7-15-11/h6-7,9H,2-5H2,1H3/t9-/m0/s1. The summed E-state index contributed by atoms with van der Waals surface area (Å²) < 4.78 is 5.27. The number of anilines is 1. The molecule has 0 unspecified atom stereocenters. The summed E-state index contributed by atoms with van der Waals surface area (Å²) in [6.45, 7) is 3.08. The first-order valence-electron chi connectivity index (χ1n) is 6.34. The molecule has 0 N–H and O–H groups in total. The van der Waals surface area contributed by atoms with Crippen molar-refractivity contribution in [2.24, 2.45) is 0 Å². The highest BCUT2D eigenvalue weighted by molar-refractivity contribution is 9.10. The summed E-state index contributed by atoms with van der Waals surface area (Å²) in [4.78, 5) is 15.7. The molecule has 0 bridgehead atoms. The molecule has 1 atom stereocenters. The topological polar surface area (TPSA) is 54.8 Å². The summed E-state index contributed by atoms with van der Waals surface area (Å²) in [7, 11) is 0. The minimum atomic E-state index is 0.228. The van der Waals surface area contributed by atoms with Crippen molar-refractivity contribution in [1.82, 2.24) is 19.3 Å². The Morgan fingerprint density at radius 1 is 1.42 bits per heavy atom. The summed E-state index contributed by atoms with van der Waals surface area (Å²) in [5, 5.41) is 0.992. The highest BCUT2D eigenvalue weighted by Crippen LogP contribution is 2.35. The first-order chi connectivity index (χ1) is 9.28. The third kappa shape index (κ3) is 2.62. The van der Waals surface area contributed by atoms with Crippen molar-refractivity contribution in [2.45, 2.75) is 32.2 Å². The van der Waals surface area contributed by atoms with E-state index in [9.17, 15) is 0 Å². The van der Waals surface area contributed by atoms with E-state index in [0.29, 0.717) is 0 Å². The molecule has 3 heterocycles. The average Bonchev–Trinajstić information content (AvgIpc) is 3.07. The highest BCUT2D eigenvalue weighted by Gasteiger charge is 2.30. The minimum absolute atomic E-state index is 0.228. The number of aryl methyl sites for hydroxylation is 1. The van der Waals surface area contributed by atoms with Gasteiger partial charge in [-0.1, -0.05) is 6.92 Å². The van der Waals surface area contributed by atoms with Crippen LogP contribution in [0.15, 0.2) is 16.9 Å². The lowest BCUT2D eigenvalue weighted by atomic mass is 10.2. The van der Waals surface area contributed by atoms with Crippen molar-refractivity contribution in [1.29, 1.82) is 0 Å². The molecule has 1 aliphatic heterocycles. The van der Waals surface area contributed by atoms with Crippen LogP contribution in [0.4, 0.5) is 5.13 Å². The van der Waals surface area contributed by atoms with E-state index in [1.165, 1.54) is 11.5 Å². The number of aromatic nitrogens is 4. The molecule has 1 saturated heterocycles. The van der Waals surface area contributed by atoms with Gasteiger partial charge in [-0.25, -0.2) is 15.0 Å². The fourth-order valence-electron chi connectivity index (χ4n) is 2.26. The molecule has 0 saturated carbocycles. The SMILES string of the molecule is CCc1nsc(N2CCC[C@H]2c2ncc(Br)cn2)n1. The lowest BCUT2D eigenvalue weighted by Gasteiger charge is -2.22. The van der Waals surface area contributed by atoms with Crippen molar-refractivity contribution < 1.29 is 0 Å². The van der Waals surface area contributed by atoms with Crippen LogP contribution in [0.5, 0.6) is 0 Å². The van der Waals surface area contributed by atoms with Crippen molar-refractivity contribution in [2.75, 3.05) is 11.4 Å². The van der Waals surface area contributed by atoms with Crippen molar-refractivity contribution in [3.63, 3.8) is 0 Å². The van der Waals surface area contributed by atoms with Gasteiger partial charge in [0.05, 0.1) is 10.5 Å². The molecule has 0 aromatic carbocycles. The fourth-order valence-corrected chi connectivity index (χ4v) is 3.29. The van der Waals surface area contributed by atoms with E-state index in [4.69, 9.17) is 0 Å². The maximum atomic E-state index is 4.57. The van der Waals surface area contributed by atoms with E-state index in [0.717, 1.165) is 47.1 Å². The van der Waals surface area contributed by atoms with Crippen molar-refractivity contribution >= 4 is 32.6 Å². The van der Waals surface area contributed by atoms with Gasteiger partial charge in [0, 0.05) is 36.9 Å². The Morgan fingerprint density at radius 3 is 2.89 bits per heavy atom. The van der Waals surface area contributed by atoms with Gasteiger partial charge in [0.1, 0.15) is 5.82 Å². The second-order valence-electron chi connectivity index (χ2n) is 4.46. The molecule has 1 fully saturated rings. The molecule has 7 heteroatoms. The predicted octanol–water partition coefficient (Wildman–Crippen LogP) is 2.99. The first-order valence-corrected chi connectivity index (χ1v) is 7.91. The van der Waals surface area contributed by atoms with Gasteiger partial charge in [0.25, 0.3) is 0 Å². The molecule has 2 aromatic rings. The van der Waals surface area contributed by atoms with Gasteiger partial charge >= 0.3 is 0 Å². The van der Waals surface area contributed by atoms with Crippen LogP contribution < -0.4 is 4.90 Å². The second kappa shape index (κ2) is 5.50. The average molecular weight is 340 g/mol. The Hall–Kier alpha value is -1.08. The van der Waals surface area contributed by atoms with Crippen molar-refractivity contribution in [3.05, 3.63) is 28.5 Å². The minimum Gasteiger partial charge on any atom is -0.337 e. The largest absolute Gasteiger partial charge is 0.337 e. The zero-order valence-corrected chi connectivity index (χ0v) is 13.0. The van der Waals surface area contributed by atoms with Crippen LogP contribution in [0.3, 0.4) is 0 Å². The summed E-state index contributed by atoms with van der Waals surface area (Å²) in [5.74, 6) is 1.79. The zero-order chi connectivity index (χ0) is 13.2. The third-order valence-corrected chi connectivity index (χ3v) is 4.41. The molecule has 3 rings (SSSR count). The number of hydrogen-bond acceptors (Lipinski definition) is 6. The molecule has 19 heavy (non-hydrogen) atoms. The van der Waals surface area contributed by atoms with E-state index in [1.807, 2.05) is 0 Å². The summed E-state index contributed by atoms with van der Waals surface area (Å²) >= 11 is 4.84. The normalized spacial score (nSPS) is 19.1. The van der Waals surface area contributed by atoms with Gasteiger partial charge in [-0.2, -0.15) is 4.37 Å². The molecule has 0 aliphatic carbocycles. The smallest absolute Gasteiger partial charge is 0.205 e. The van der Waals surface area contributed by atoms with E-state index >= 15 is 0 Å². The van der Waals surface area contributed by atoms with E-state index in [-0.39, 0.29) is 6.04 Å². The van der Waals surface area contributed by atoms with Crippen LogP contribution in [0.2, 0.25) is 0 Å². The number of halogens is 1. The molecule has 2 aromatic heterocycles. The summed E-state index contributed by atoms with van der Waals surface area (Å²) in [5.41, 5.74) is 0. The van der Waals surface area contributed by atoms with E-state index in [2.05, 4.69) is 47.1 Å². The third-order valence-electron chi connectivity index (χ3n) is 3.21. The fraction of sp³-hybridized carbons (Fsp3) is 0.500. The second-order valence-corrected chi connectivity index (χ2v) is 6.10. The van der Waals surface area contributed by atoms with Gasteiger partial charge in [0.15, 0.2) is 5.82 Å². The lowest BCUT2D eigenvalue weighted by molar-refractivity contribution is 0.662. The molecule has 0 spiro atoms. The van der Waals surface area contributed by atoms with Crippen LogP contribution in [0.1, 0.15) is 37.5 Å². The molecular formula is C12H14BrN5S. The van der Waals surface area contributed by atoms with Gasteiger partial charge < -0.3 is 4.90 Å². The van der Waals surface area contributed by atoms with Crippen LogP contribution in [-0.4, -0.2) is 25.9 Å². The number of rotatable bonds is 3. The lowest BCUT2D eigenvalue weighted by Crippen LogP contribution is -2.24. The molecular weight excluding hydrogens is 326 g/mol. The Bertz CT molecular complexity index is 556. The van der Waals surface area contributed by atoms with Gasteiger partial charge in [-0.05, 0) is 28.8 Å². The van der Waals surface area contributed by atoms with Crippen LogP contribution in [0.25, 0.3) is 0 Å². The van der Waals surface area contributed by atoms with Crippen molar-refractivity contribution in [3.8, 4) is 0 Å². The van der Waals surface area contributed by atoms with Gasteiger partial charge in [-0.3, -0.25) is 0 Å². The summed E-state index contributed by atoms with van der Waals surface area (Å²) in [6.07, 6.45) is 6.70. The monoisotopic (exact) mass is 339 g/mol. The molecule has 5 nitrogen and oxygen atoms in total. The highest BCUT2D eigenvalue weighted by atomic mass is 79.9. The molecule has 0 amide bonds. The Kier molecular flexibility index (Phi) is 3.74. The maximum absolute atomic E-state index is 4.57. The Morgan fingerprint density at radius 2 is 2.21 bits per heavy atom. The van der Waals surface area contributed by atoms with E-state index in [1.54, 1.807) is 12.4 Å². The Labute approximate surface area is 124 Å². The molecule has 100 valence electrons. The quantitative estimate of drug-likeness (QED) is 0.860. The van der Waals surface area contributed by atoms with E-state index < -0.39 is 0 Å². The molecule has 1 aliphatic rings. The van der Waals surface area contributed by atoms with Crippen LogP contribution in [-0.2, 0) is 6.42 Å². The maximum Gasteiger partial charge on any atom is 0.205 e. The number of nitrogens with zero attached hydrogens (tertiary/aromatic N) is 5. The Balaban J connectivity index is 1.86. The van der Waals surface area contributed by atoms with Crippen LogP contribution >= 0.6 is 27.5 Å². The summed E-state index contributed by atoms with van der Waals surface area (Å²) in [6, 6.07) is 0.228. The number of hydrogen-bond donors (Lipinski definition) is 0. The first kappa shape index (κ1) is 12.9. The van der Waals surface area contributed by atoms with Crippen LogP contribution in [0, 0.1) is 0 Å². The molecule has 0 radical (unpaired) electrons.